The second kappa shape index (κ2) is 6.39. The molecule has 27 heavy (non-hydrogen) atoms. The van der Waals surface area contributed by atoms with Crippen LogP contribution in [0.25, 0.3) is 4.91 Å². The van der Waals surface area contributed by atoms with Gasteiger partial charge in [0.25, 0.3) is 5.91 Å². The number of rotatable bonds is 2. The van der Waals surface area contributed by atoms with E-state index in [4.69, 9.17) is 11.6 Å². The number of nitrogens with zero attached hydrogens (tertiary/aromatic N) is 2. The lowest BCUT2D eigenvalue weighted by atomic mass is 10.1. The molecule has 2 atom stereocenters. The second-order valence-corrected chi connectivity index (χ2v) is 8.44. The summed E-state index contributed by atoms with van der Waals surface area (Å²) in [5.41, 5.74) is 3.70. The van der Waals surface area contributed by atoms with Crippen molar-refractivity contribution in [2.45, 2.75) is 30.6 Å². The van der Waals surface area contributed by atoms with Crippen molar-refractivity contribution < 1.29 is 9.59 Å². The quantitative estimate of drug-likeness (QED) is 0.837. The standard InChI is InChI=1S/C20H16ClN3O2S/c21-14-7-2-1-5-13(14)17-8-15-18(27-17)19(25)24(20(26)23-15)16-10-22-9-11-4-3-6-12(11)16/h1-2,5,7-10,15,18H,3-4,6H2,(H,23,26). The minimum atomic E-state index is -0.397. The average Bonchev–Trinajstić information content (AvgIpc) is 3.29. The maximum atomic E-state index is 13.2. The lowest BCUT2D eigenvalue weighted by Gasteiger charge is -2.33. The molecule has 0 bridgehead atoms. The molecule has 1 N–H and O–H groups in total. The number of imide groups is 1. The first kappa shape index (κ1) is 16.8. The van der Waals surface area contributed by atoms with Crippen molar-refractivity contribution in [2.75, 3.05) is 4.90 Å². The fourth-order valence-corrected chi connectivity index (χ4v) is 5.57. The van der Waals surface area contributed by atoms with E-state index in [1.807, 2.05) is 36.5 Å². The minimum Gasteiger partial charge on any atom is -0.329 e. The van der Waals surface area contributed by atoms with Crippen LogP contribution in [0.15, 0.2) is 42.7 Å². The van der Waals surface area contributed by atoms with Gasteiger partial charge in [0, 0.05) is 21.7 Å². The number of aryl methyl sites for hydroxylation is 1. The van der Waals surface area contributed by atoms with Crippen molar-refractivity contribution in [3.8, 4) is 0 Å². The molecular weight excluding hydrogens is 382 g/mol. The molecule has 1 saturated heterocycles. The van der Waals surface area contributed by atoms with Gasteiger partial charge in [-0.2, -0.15) is 0 Å². The molecule has 2 unspecified atom stereocenters. The summed E-state index contributed by atoms with van der Waals surface area (Å²) in [7, 11) is 0. The topological polar surface area (TPSA) is 62.3 Å². The van der Waals surface area contributed by atoms with Gasteiger partial charge in [0.1, 0.15) is 5.25 Å². The predicted molar refractivity (Wildman–Crippen MR) is 107 cm³/mol. The molecule has 5 nitrogen and oxygen atoms in total. The number of carbonyl (C=O) groups excluding carboxylic acids is 2. The van der Waals surface area contributed by atoms with Crippen LogP contribution >= 0.6 is 23.4 Å². The largest absolute Gasteiger partial charge is 0.329 e. The van der Waals surface area contributed by atoms with Gasteiger partial charge in [-0.25, -0.2) is 9.69 Å². The Balaban J connectivity index is 1.48. The molecule has 2 aliphatic heterocycles. The van der Waals surface area contributed by atoms with Gasteiger partial charge in [-0.05, 0) is 42.5 Å². The molecule has 1 fully saturated rings. The van der Waals surface area contributed by atoms with E-state index < -0.39 is 5.25 Å². The zero-order chi connectivity index (χ0) is 18.5. The van der Waals surface area contributed by atoms with Crippen LogP contribution in [0.4, 0.5) is 10.5 Å². The summed E-state index contributed by atoms with van der Waals surface area (Å²) < 4.78 is 0. The van der Waals surface area contributed by atoms with Crippen LogP contribution in [-0.4, -0.2) is 28.2 Å². The molecule has 7 heteroatoms. The Labute approximate surface area is 165 Å². The van der Waals surface area contributed by atoms with E-state index in [9.17, 15) is 9.59 Å². The predicted octanol–water partition coefficient (Wildman–Crippen LogP) is 3.81. The van der Waals surface area contributed by atoms with Crippen LogP contribution < -0.4 is 10.2 Å². The Morgan fingerprint density at radius 1 is 1.19 bits per heavy atom. The highest BCUT2D eigenvalue weighted by molar-refractivity contribution is 8.09. The third kappa shape index (κ3) is 2.66. The van der Waals surface area contributed by atoms with Gasteiger partial charge in [0.05, 0.1) is 17.9 Å². The number of hydrogen-bond donors (Lipinski definition) is 1. The molecule has 3 aliphatic rings. The normalized spacial score (nSPS) is 23.7. The minimum absolute atomic E-state index is 0.200. The molecule has 0 saturated carbocycles. The summed E-state index contributed by atoms with van der Waals surface area (Å²) in [5.74, 6) is -0.200. The highest BCUT2D eigenvalue weighted by Gasteiger charge is 2.46. The molecule has 1 aliphatic carbocycles. The molecule has 1 aromatic carbocycles. The highest BCUT2D eigenvalue weighted by Crippen LogP contribution is 2.44. The van der Waals surface area contributed by atoms with E-state index in [-0.39, 0.29) is 18.0 Å². The Morgan fingerprint density at radius 2 is 2.04 bits per heavy atom. The molecule has 0 radical (unpaired) electrons. The number of hydrogen-bond acceptors (Lipinski definition) is 4. The van der Waals surface area contributed by atoms with Crippen LogP contribution in [-0.2, 0) is 17.6 Å². The molecule has 136 valence electrons. The number of benzene rings is 1. The lowest BCUT2D eigenvalue weighted by molar-refractivity contribution is -0.118. The SMILES string of the molecule is O=C1NC2C=C(c3ccccc3Cl)SC2C(=O)N1c1cncc2c1CCC2. The van der Waals surface area contributed by atoms with Gasteiger partial charge in [0.2, 0.25) is 0 Å². The smallest absolute Gasteiger partial charge is 0.329 e. The first-order valence-corrected chi connectivity index (χ1v) is 10.1. The number of halogens is 1. The molecule has 2 aromatic rings. The third-order valence-electron chi connectivity index (χ3n) is 5.25. The Kier molecular flexibility index (Phi) is 3.98. The monoisotopic (exact) mass is 397 g/mol. The molecule has 5 rings (SSSR count). The summed E-state index contributed by atoms with van der Waals surface area (Å²) in [6, 6.07) is 6.82. The van der Waals surface area contributed by atoms with Gasteiger partial charge in [0.15, 0.2) is 0 Å². The van der Waals surface area contributed by atoms with Gasteiger partial charge in [-0.3, -0.25) is 9.78 Å². The maximum absolute atomic E-state index is 13.2. The van der Waals surface area contributed by atoms with Crippen molar-refractivity contribution >= 4 is 45.9 Å². The van der Waals surface area contributed by atoms with Gasteiger partial charge >= 0.3 is 6.03 Å². The van der Waals surface area contributed by atoms with Crippen molar-refractivity contribution in [3.05, 3.63) is 64.4 Å². The fourth-order valence-electron chi connectivity index (χ4n) is 3.97. The van der Waals surface area contributed by atoms with Crippen LogP contribution in [0.1, 0.15) is 23.1 Å². The molecule has 0 spiro atoms. The number of nitrogens with one attached hydrogen (secondary N) is 1. The third-order valence-corrected chi connectivity index (χ3v) is 6.93. The van der Waals surface area contributed by atoms with Gasteiger partial charge in [-0.15, -0.1) is 11.8 Å². The number of urea groups is 1. The summed E-state index contributed by atoms with van der Waals surface area (Å²) in [6.45, 7) is 0. The van der Waals surface area contributed by atoms with Gasteiger partial charge in [-0.1, -0.05) is 29.8 Å². The molecule has 1 aromatic heterocycles. The molecule has 3 heterocycles. The average molecular weight is 398 g/mol. The zero-order valence-corrected chi connectivity index (χ0v) is 15.9. The van der Waals surface area contributed by atoms with E-state index in [1.165, 1.54) is 16.7 Å². The van der Waals surface area contributed by atoms with E-state index in [0.717, 1.165) is 40.9 Å². The van der Waals surface area contributed by atoms with Crippen molar-refractivity contribution in [1.29, 1.82) is 0 Å². The summed E-state index contributed by atoms with van der Waals surface area (Å²) in [5, 5.41) is 3.20. The molecular formula is C20H16ClN3O2S. The number of aromatic nitrogens is 1. The summed E-state index contributed by atoms with van der Waals surface area (Å²) >= 11 is 7.76. The Morgan fingerprint density at radius 3 is 2.89 bits per heavy atom. The second-order valence-electron chi connectivity index (χ2n) is 6.85. The van der Waals surface area contributed by atoms with E-state index in [2.05, 4.69) is 10.3 Å². The number of fused-ring (bicyclic) bond motifs is 2. The number of amides is 3. The van der Waals surface area contributed by atoms with Crippen LogP contribution in [0.3, 0.4) is 0 Å². The lowest BCUT2D eigenvalue weighted by Crippen LogP contribution is -2.60. The Hall–Kier alpha value is -2.31. The van der Waals surface area contributed by atoms with E-state index in [0.29, 0.717) is 10.7 Å². The van der Waals surface area contributed by atoms with E-state index >= 15 is 0 Å². The number of pyridine rings is 1. The first-order valence-electron chi connectivity index (χ1n) is 8.87. The number of anilines is 1. The molecule has 3 amide bonds. The first-order chi connectivity index (χ1) is 13.1. The summed E-state index contributed by atoms with van der Waals surface area (Å²) in [6.07, 6.45) is 8.23. The van der Waals surface area contributed by atoms with E-state index in [1.54, 1.807) is 6.20 Å². The van der Waals surface area contributed by atoms with Crippen LogP contribution in [0, 0.1) is 0 Å². The Bertz CT molecular complexity index is 1010. The van der Waals surface area contributed by atoms with Crippen molar-refractivity contribution in [2.24, 2.45) is 0 Å². The number of carbonyl (C=O) groups is 2. The maximum Gasteiger partial charge on any atom is 0.329 e. The van der Waals surface area contributed by atoms with Crippen molar-refractivity contribution in [1.82, 2.24) is 10.3 Å². The zero-order valence-electron chi connectivity index (χ0n) is 14.3. The van der Waals surface area contributed by atoms with Crippen molar-refractivity contribution in [3.63, 3.8) is 0 Å². The highest BCUT2D eigenvalue weighted by atomic mass is 35.5. The van der Waals surface area contributed by atoms with Gasteiger partial charge < -0.3 is 5.32 Å². The fraction of sp³-hybridized carbons (Fsp3) is 0.250. The van der Waals surface area contributed by atoms with Crippen LogP contribution in [0.5, 0.6) is 0 Å². The summed E-state index contributed by atoms with van der Waals surface area (Å²) in [4.78, 5) is 32.4. The number of thioether (sulfide) groups is 1. The van der Waals surface area contributed by atoms with Crippen LogP contribution in [0.2, 0.25) is 5.02 Å².